The Morgan fingerprint density at radius 3 is 2.40 bits per heavy atom. The van der Waals surface area contributed by atoms with Gasteiger partial charge in [-0.25, -0.2) is 4.39 Å². The molecule has 0 atom stereocenters. The summed E-state index contributed by atoms with van der Waals surface area (Å²) in [5.41, 5.74) is 1.09. The van der Waals surface area contributed by atoms with Crippen molar-refractivity contribution in [2.24, 2.45) is 0 Å². The zero-order chi connectivity index (χ0) is 11.6. The summed E-state index contributed by atoms with van der Waals surface area (Å²) in [7, 11) is 0. The first-order valence-corrected chi connectivity index (χ1v) is 5.01. The molecule has 0 saturated heterocycles. The maximum absolute atomic E-state index is 13.2. The van der Waals surface area contributed by atoms with Crippen LogP contribution >= 0.6 is 23.2 Å². The number of hydrogen-bond donors (Lipinski definition) is 0. The second kappa shape index (κ2) is 4.77. The van der Waals surface area contributed by atoms with Crippen LogP contribution in [0.2, 0.25) is 10.0 Å². The van der Waals surface area contributed by atoms with E-state index in [9.17, 15) is 9.18 Å². The fraction of sp³-hybridized carbons (Fsp3) is 0.182. The Labute approximate surface area is 97.5 Å². The van der Waals surface area contributed by atoms with Crippen LogP contribution in [0.4, 0.5) is 4.39 Å². The molecule has 0 bridgehead atoms. The second-order valence-corrected chi connectivity index (χ2v) is 4.00. The molecule has 0 unspecified atom stereocenters. The number of halogens is 3. The van der Waals surface area contributed by atoms with Gasteiger partial charge in [-0.05, 0) is 43.2 Å². The molecule has 1 nitrogen and oxygen atoms in total. The molecule has 4 heteroatoms. The van der Waals surface area contributed by atoms with Gasteiger partial charge >= 0.3 is 0 Å². The molecule has 1 rings (SSSR count). The van der Waals surface area contributed by atoms with Gasteiger partial charge in [-0.15, -0.1) is 0 Å². The van der Waals surface area contributed by atoms with E-state index in [1.165, 1.54) is 25.1 Å². The van der Waals surface area contributed by atoms with Gasteiger partial charge in [-0.3, -0.25) is 4.79 Å². The van der Waals surface area contributed by atoms with Crippen LogP contribution in [-0.4, -0.2) is 5.78 Å². The van der Waals surface area contributed by atoms with Crippen molar-refractivity contribution in [3.63, 3.8) is 0 Å². The van der Waals surface area contributed by atoms with Gasteiger partial charge in [0, 0.05) is 5.02 Å². The topological polar surface area (TPSA) is 17.1 Å². The molecule has 0 aliphatic carbocycles. The number of carbonyl (C=O) groups is 1. The van der Waals surface area contributed by atoms with Gasteiger partial charge in [0.1, 0.15) is 5.82 Å². The summed E-state index contributed by atoms with van der Waals surface area (Å²) < 4.78 is 13.2. The van der Waals surface area contributed by atoms with Gasteiger partial charge in [-0.1, -0.05) is 23.2 Å². The predicted octanol–water partition coefficient (Wildman–Crippen LogP) is 4.12. The Morgan fingerprint density at radius 2 is 1.87 bits per heavy atom. The SMILES string of the molecule is CC(=O)/C=C(/C)c1cc(F)c(Cl)cc1Cl. The van der Waals surface area contributed by atoms with Crippen molar-refractivity contribution >= 4 is 34.6 Å². The first-order valence-electron chi connectivity index (χ1n) is 4.25. The maximum Gasteiger partial charge on any atom is 0.152 e. The van der Waals surface area contributed by atoms with Crippen molar-refractivity contribution in [1.82, 2.24) is 0 Å². The average Bonchev–Trinajstić information content (AvgIpc) is 2.09. The highest BCUT2D eigenvalue weighted by molar-refractivity contribution is 6.35. The van der Waals surface area contributed by atoms with Gasteiger partial charge in [0.2, 0.25) is 0 Å². The summed E-state index contributed by atoms with van der Waals surface area (Å²) in [5.74, 6) is -0.661. The monoisotopic (exact) mass is 246 g/mol. The minimum atomic E-state index is -0.549. The Balaban J connectivity index is 3.26. The molecule has 0 saturated carbocycles. The van der Waals surface area contributed by atoms with E-state index in [0.29, 0.717) is 16.2 Å². The minimum absolute atomic E-state index is 0.0284. The van der Waals surface area contributed by atoms with Crippen molar-refractivity contribution in [3.8, 4) is 0 Å². The van der Waals surface area contributed by atoms with E-state index >= 15 is 0 Å². The summed E-state index contributed by atoms with van der Waals surface area (Å²) in [6.45, 7) is 3.11. The van der Waals surface area contributed by atoms with Crippen LogP contribution in [0.5, 0.6) is 0 Å². The van der Waals surface area contributed by atoms with Crippen LogP contribution in [0.15, 0.2) is 18.2 Å². The van der Waals surface area contributed by atoms with Gasteiger partial charge in [0.15, 0.2) is 5.78 Å². The highest BCUT2D eigenvalue weighted by Gasteiger charge is 2.08. The molecule has 0 aliphatic heterocycles. The lowest BCUT2D eigenvalue weighted by Gasteiger charge is -2.05. The lowest BCUT2D eigenvalue weighted by Crippen LogP contribution is -1.89. The largest absolute Gasteiger partial charge is 0.295 e. The third-order valence-corrected chi connectivity index (χ3v) is 2.46. The van der Waals surface area contributed by atoms with Crippen molar-refractivity contribution in [2.75, 3.05) is 0 Å². The number of ketones is 1. The van der Waals surface area contributed by atoms with E-state index < -0.39 is 5.82 Å². The summed E-state index contributed by atoms with van der Waals surface area (Å²) in [5, 5.41) is 0.302. The number of hydrogen-bond acceptors (Lipinski definition) is 1. The Bertz CT molecular complexity index is 438. The maximum atomic E-state index is 13.2. The molecule has 1 aromatic rings. The van der Waals surface area contributed by atoms with Crippen LogP contribution in [0, 0.1) is 5.82 Å². The molecule has 80 valence electrons. The molecular weight excluding hydrogens is 238 g/mol. The van der Waals surface area contributed by atoms with Gasteiger partial charge in [0.25, 0.3) is 0 Å². The van der Waals surface area contributed by atoms with E-state index in [1.807, 2.05) is 0 Å². The normalized spacial score (nSPS) is 11.7. The van der Waals surface area contributed by atoms with E-state index in [4.69, 9.17) is 23.2 Å². The highest BCUT2D eigenvalue weighted by Crippen LogP contribution is 2.29. The number of rotatable bonds is 2. The fourth-order valence-corrected chi connectivity index (χ4v) is 1.74. The van der Waals surface area contributed by atoms with Crippen LogP contribution in [-0.2, 0) is 4.79 Å². The first-order chi connectivity index (χ1) is 6.91. The lowest BCUT2D eigenvalue weighted by atomic mass is 10.1. The van der Waals surface area contributed by atoms with Crippen molar-refractivity contribution < 1.29 is 9.18 Å². The minimum Gasteiger partial charge on any atom is -0.295 e. The Morgan fingerprint density at radius 1 is 1.27 bits per heavy atom. The molecule has 0 N–H and O–H groups in total. The summed E-state index contributed by atoms with van der Waals surface area (Å²) in [6, 6.07) is 2.55. The van der Waals surface area contributed by atoms with Gasteiger partial charge in [0.05, 0.1) is 5.02 Å². The molecule has 0 aliphatic rings. The third-order valence-electron chi connectivity index (χ3n) is 1.85. The van der Waals surface area contributed by atoms with E-state index in [-0.39, 0.29) is 10.8 Å². The van der Waals surface area contributed by atoms with Gasteiger partial charge < -0.3 is 0 Å². The average molecular weight is 247 g/mol. The molecule has 0 amide bonds. The van der Waals surface area contributed by atoms with Crippen molar-refractivity contribution in [1.29, 1.82) is 0 Å². The van der Waals surface area contributed by atoms with Crippen LogP contribution in [0.3, 0.4) is 0 Å². The zero-order valence-electron chi connectivity index (χ0n) is 8.27. The summed E-state index contributed by atoms with van der Waals surface area (Å²) in [4.78, 5) is 10.9. The molecule has 1 aromatic carbocycles. The van der Waals surface area contributed by atoms with Crippen molar-refractivity contribution in [3.05, 3.63) is 39.6 Å². The van der Waals surface area contributed by atoms with Crippen molar-refractivity contribution in [2.45, 2.75) is 13.8 Å². The summed E-state index contributed by atoms with van der Waals surface area (Å²) >= 11 is 11.4. The molecule has 15 heavy (non-hydrogen) atoms. The smallest absolute Gasteiger partial charge is 0.152 e. The predicted molar refractivity (Wildman–Crippen MR) is 60.8 cm³/mol. The highest BCUT2D eigenvalue weighted by atomic mass is 35.5. The second-order valence-electron chi connectivity index (χ2n) is 3.18. The van der Waals surface area contributed by atoms with Gasteiger partial charge in [-0.2, -0.15) is 0 Å². The number of allylic oxidation sites excluding steroid dienone is 2. The van der Waals surface area contributed by atoms with E-state index in [2.05, 4.69) is 0 Å². The molecule has 0 heterocycles. The van der Waals surface area contributed by atoms with Crippen LogP contribution in [0.25, 0.3) is 5.57 Å². The number of benzene rings is 1. The molecular formula is C11H9Cl2FO. The first kappa shape index (κ1) is 12.2. The van der Waals surface area contributed by atoms with E-state index in [0.717, 1.165) is 0 Å². The zero-order valence-corrected chi connectivity index (χ0v) is 9.79. The third kappa shape index (κ3) is 3.05. The number of carbonyl (C=O) groups excluding carboxylic acids is 1. The van der Waals surface area contributed by atoms with Crippen LogP contribution < -0.4 is 0 Å². The summed E-state index contributed by atoms with van der Waals surface area (Å²) in [6.07, 6.45) is 1.40. The molecule has 0 spiro atoms. The van der Waals surface area contributed by atoms with Crippen LogP contribution in [0.1, 0.15) is 19.4 Å². The van der Waals surface area contributed by atoms with E-state index in [1.54, 1.807) is 6.92 Å². The molecule has 0 aromatic heterocycles. The molecule has 0 radical (unpaired) electrons. The fourth-order valence-electron chi connectivity index (χ4n) is 1.21. The lowest BCUT2D eigenvalue weighted by molar-refractivity contribution is -0.112. The Kier molecular flexibility index (Phi) is 3.89. The quantitative estimate of drug-likeness (QED) is 0.567. The molecule has 0 fully saturated rings. The standard InChI is InChI=1S/C11H9Cl2FO/c1-6(3-7(2)15)8-4-11(14)10(13)5-9(8)12/h3-5H,1-2H3/b6-3-. The Hall–Kier alpha value is -0.860.